The Hall–Kier alpha value is -0.620. The molecule has 2 atom stereocenters. The second-order valence-corrected chi connectivity index (χ2v) is 6.87. The van der Waals surface area contributed by atoms with Gasteiger partial charge in [-0.2, -0.15) is 0 Å². The third kappa shape index (κ3) is 6.42. The predicted molar refractivity (Wildman–Crippen MR) is 101 cm³/mol. The van der Waals surface area contributed by atoms with Crippen LogP contribution in [0.4, 0.5) is 0 Å². The number of halogens is 2. The Morgan fingerprint density at radius 3 is 2.70 bits per heavy atom. The number of carbonyl (C=O) groups excluding carboxylic acids is 1. The Morgan fingerprint density at radius 1 is 1.43 bits per heavy atom. The number of hydrogen-bond donors (Lipinski definition) is 2. The summed E-state index contributed by atoms with van der Waals surface area (Å²) in [7, 11) is 0. The first kappa shape index (κ1) is 20.4. The maximum atomic E-state index is 12.4. The quantitative estimate of drug-likeness (QED) is 0.734. The lowest BCUT2D eigenvalue weighted by atomic mass is 10.1. The first-order chi connectivity index (χ1) is 10.6. The fourth-order valence-electron chi connectivity index (χ4n) is 2.94. The molecule has 1 aliphatic rings. The van der Waals surface area contributed by atoms with Crippen LogP contribution in [0.15, 0.2) is 28.7 Å². The third-order valence-corrected chi connectivity index (χ3v) is 4.68. The first-order valence-electron chi connectivity index (χ1n) is 8.09. The van der Waals surface area contributed by atoms with E-state index in [1.54, 1.807) is 0 Å². The van der Waals surface area contributed by atoms with Crippen LogP contribution in [0, 0.1) is 0 Å². The third-order valence-electron chi connectivity index (χ3n) is 4.16. The maximum Gasteiger partial charge on any atom is 0.234 e. The smallest absolute Gasteiger partial charge is 0.234 e. The average molecular weight is 405 g/mol. The summed E-state index contributed by atoms with van der Waals surface area (Å²) in [4.78, 5) is 14.7. The van der Waals surface area contributed by atoms with Gasteiger partial charge in [0.1, 0.15) is 0 Å². The van der Waals surface area contributed by atoms with Gasteiger partial charge in [0.25, 0.3) is 0 Å². The Balaban J connectivity index is 0.00000264. The van der Waals surface area contributed by atoms with E-state index in [-0.39, 0.29) is 24.4 Å². The zero-order valence-electron chi connectivity index (χ0n) is 13.8. The number of hydrogen-bond acceptors (Lipinski definition) is 3. The van der Waals surface area contributed by atoms with Crippen molar-refractivity contribution < 1.29 is 4.79 Å². The van der Waals surface area contributed by atoms with Crippen LogP contribution in [0.25, 0.3) is 0 Å². The summed E-state index contributed by atoms with van der Waals surface area (Å²) in [5.74, 6) is 0.107. The summed E-state index contributed by atoms with van der Waals surface area (Å²) in [6.45, 7) is 7.71. The predicted octanol–water partition coefficient (Wildman–Crippen LogP) is 3.12. The molecule has 0 aromatic heterocycles. The largest absolute Gasteiger partial charge is 0.348 e. The number of carbonyl (C=O) groups is 1. The van der Waals surface area contributed by atoms with E-state index in [1.807, 2.05) is 31.2 Å². The van der Waals surface area contributed by atoms with E-state index < -0.39 is 0 Å². The van der Waals surface area contributed by atoms with Gasteiger partial charge in [-0.3, -0.25) is 9.69 Å². The van der Waals surface area contributed by atoms with E-state index in [0.717, 1.165) is 42.5 Å². The molecule has 2 N–H and O–H groups in total. The van der Waals surface area contributed by atoms with Crippen LogP contribution >= 0.6 is 28.3 Å². The normalized spacial score (nSPS) is 18.5. The van der Waals surface area contributed by atoms with E-state index in [2.05, 4.69) is 38.4 Å². The summed E-state index contributed by atoms with van der Waals surface area (Å²) < 4.78 is 1.05. The highest BCUT2D eigenvalue weighted by molar-refractivity contribution is 9.10. The van der Waals surface area contributed by atoms with Crippen molar-refractivity contribution in [3.05, 3.63) is 34.3 Å². The minimum absolute atomic E-state index is 0. The number of amides is 1. The highest BCUT2D eigenvalue weighted by atomic mass is 79.9. The number of nitrogens with one attached hydrogen (secondary N) is 2. The average Bonchev–Trinajstić information content (AvgIpc) is 3.01. The Bertz CT molecular complexity index is 477. The van der Waals surface area contributed by atoms with Crippen molar-refractivity contribution in [2.75, 3.05) is 26.2 Å². The molecule has 0 bridgehead atoms. The van der Waals surface area contributed by atoms with Gasteiger partial charge >= 0.3 is 0 Å². The van der Waals surface area contributed by atoms with Crippen LogP contribution < -0.4 is 10.6 Å². The summed E-state index contributed by atoms with van der Waals surface area (Å²) >= 11 is 3.43. The fraction of sp³-hybridized carbons (Fsp3) is 0.588. The summed E-state index contributed by atoms with van der Waals surface area (Å²) in [6, 6.07) is 8.62. The van der Waals surface area contributed by atoms with Crippen molar-refractivity contribution in [3.63, 3.8) is 0 Å². The molecule has 6 heteroatoms. The van der Waals surface area contributed by atoms with Gasteiger partial charge in [0.2, 0.25) is 5.91 Å². The van der Waals surface area contributed by atoms with E-state index in [9.17, 15) is 4.79 Å². The number of benzene rings is 1. The van der Waals surface area contributed by atoms with Crippen LogP contribution in [-0.4, -0.2) is 43.0 Å². The lowest BCUT2D eigenvalue weighted by Crippen LogP contribution is -2.44. The molecule has 1 aliphatic heterocycles. The standard InChI is InChI=1S/C17H26BrN3O.ClH/c1-3-10-21(16-8-9-19-11-16)12-17(22)20-13(2)14-4-6-15(18)7-5-14;/h4-7,13,16,19H,3,8-12H2,1-2H3,(H,20,22);1H. The van der Waals surface area contributed by atoms with Crippen molar-refractivity contribution >= 4 is 34.2 Å². The molecule has 1 heterocycles. The molecule has 1 aromatic rings. The van der Waals surface area contributed by atoms with Gasteiger partial charge in [-0.25, -0.2) is 0 Å². The molecule has 0 radical (unpaired) electrons. The topological polar surface area (TPSA) is 44.4 Å². The Labute approximate surface area is 153 Å². The molecule has 1 fully saturated rings. The van der Waals surface area contributed by atoms with E-state index >= 15 is 0 Å². The van der Waals surface area contributed by atoms with Crippen molar-refractivity contribution in [3.8, 4) is 0 Å². The summed E-state index contributed by atoms with van der Waals surface area (Å²) in [6.07, 6.45) is 2.21. The van der Waals surface area contributed by atoms with Gasteiger partial charge in [-0.15, -0.1) is 12.4 Å². The minimum Gasteiger partial charge on any atom is -0.348 e. The van der Waals surface area contributed by atoms with E-state index in [0.29, 0.717) is 12.6 Å². The molecule has 23 heavy (non-hydrogen) atoms. The van der Waals surface area contributed by atoms with E-state index in [1.165, 1.54) is 0 Å². The van der Waals surface area contributed by atoms with Gasteiger partial charge < -0.3 is 10.6 Å². The Morgan fingerprint density at radius 2 is 2.13 bits per heavy atom. The molecule has 4 nitrogen and oxygen atoms in total. The molecule has 0 aliphatic carbocycles. The molecular formula is C17H27BrClN3O. The molecule has 130 valence electrons. The molecule has 1 aromatic carbocycles. The zero-order chi connectivity index (χ0) is 15.9. The number of rotatable bonds is 7. The van der Waals surface area contributed by atoms with Crippen LogP contribution in [0.1, 0.15) is 38.3 Å². The molecular weight excluding hydrogens is 378 g/mol. The molecule has 0 saturated carbocycles. The van der Waals surface area contributed by atoms with Gasteiger partial charge in [0, 0.05) is 17.1 Å². The van der Waals surface area contributed by atoms with Crippen molar-refractivity contribution in [2.24, 2.45) is 0 Å². The maximum absolute atomic E-state index is 12.4. The number of nitrogens with zero attached hydrogens (tertiary/aromatic N) is 1. The van der Waals surface area contributed by atoms with E-state index in [4.69, 9.17) is 0 Å². The molecule has 0 spiro atoms. The highest BCUT2D eigenvalue weighted by Crippen LogP contribution is 2.16. The minimum atomic E-state index is 0. The highest BCUT2D eigenvalue weighted by Gasteiger charge is 2.23. The lowest BCUT2D eigenvalue weighted by molar-refractivity contribution is -0.123. The van der Waals surface area contributed by atoms with Gasteiger partial charge in [-0.05, 0) is 50.6 Å². The van der Waals surface area contributed by atoms with Gasteiger partial charge in [-0.1, -0.05) is 35.0 Å². The van der Waals surface area contributed by atoms with Gasteiger partial charge in [0.15, 0.2) is 0 Å². The fourth-order valence-corrected chi connectivity index (χ4v) is 3.20. The molecule has 2 rings (SSSR count). The molecule has 1 amide bonds. The summed E-state index contributed by atoms with van der Waals surface area (Å²) in [5.41, 5.74) is 1.13. The van der Waals surface area contributed by atoms with Crippen LogP contribution in [-0.2, 0) is 4.79 Å². The second kappa shape index (κ2) is 10.3. The lowest BCUT2D eigenvalue weighted by Gasteiger charge is -2.28. The second-order valence-electron chi connectivity index (χ2n) is 5.96. The van der Waals surface area contributed by atoms with Crippen molar-refractivity contribution in [1.82, 2.24) is 15.5 Å². The molecule has 2 unspecified atom stereocenters. The first-order valence-corrected chi connectivity index (χ1v) is 8.89. The Kier molecular flexibility index (Phi) is 9.14. The monoisotopic (exact) mass is 403 g/mol. The van der Waals surface area contributed by atoms with Crippen LogP contribution in [0.2, 0.25) is 0 Å². The molecule has 1 saturated heterocycles. The van der Waals surface area contributed by atoms with Gasteiger partial charge in [0.05, 0.1) is 12.6 Å². The zero-order valence-corrected chi connectivity index (χ0v) is 16.3. The van der Waals surface area contributed by atoms with Crippen molar-refractivity contribution in [2.45, 2.75) is 38.8 Å². The van der Waals surface area contributed by atoms with Crippen molar-refractivity contribution in [1.29, 1.82) is 0 Å². The van der Waals surface area contributed by atoms with Crippen LogP contribution in [0.3, 0.4) is 0 Å². The SMILES string of the molecule is CCCN(CC(=O)NC(C)c1ccc(Br)cc1)C1CCNC1.Cl. The summed E-state index contributed by atoms with van der Waals surface area (Å²) in [5, 5.41) is 6.49. The van der Waals surface area contributed by atoms with Crippen LogP contribution in [0.5, 0.6) is 0 Å².